The van der Waals surface area contributed by atoms with Gasteiger partial charge in [-0.3, -0.25) is 0 Å². The first-order valence-electron chi connectivity index (χ1n) is 4.06. The second-order valence-corrected chi connectivity index (χ2v) is 2.95. The summed E-state index contributed by atoms with van der Waals surface area (Å²) in [5, 5.41) is 8.68. The number of cyclic esters (lactones) is 1. The second-order valence-electron chi connectivity index (χ2n) is 2.95. The molecule has 72 valence electrons. The van der Waals surface area contributed by atoms with Crippen molar-refractivity contribution in [1.29, 1.82) is 0 Å². The van der Waals surface area contributed by atoms with E-state index in [1.165, 1.54) is 6.20 Å². The number of esters is 1. The fraction of sp³-hybridized carbons (Fsp3) is 0.222. The topological polar surface area (TPSA) is 76.5 Å². The number of nitrogens with zero attached hydrogens (tertiary/aromatic N) is 1. The van der Waals surface area contributed by atoms with Crippen molar-refractivity contribution in [3.63, 3.8) is 0 Å². The third-order valence-electron chi connectivity index (χ3n) is 2.01. The van der Waals surface area contributed by atoms with E-state index in [0.717, 1.165) is 0 Å². The molecule has 0 aliphatic carbocycles. The van der Waals surface area contributed by atoms with Crippen LogP contribution in [0.25, 0.3) is 0 Å². The third-order valence-corrected chi connectivity index (χ3v) is 2.01. The predicted octanol–water partition coefficient (Wildman–Crippen LogP) is 0.248. The van der Waals surface area contributed by atoms with Crippen LogP contribution in [0.4, 0.5) is 0 Å². The van der Waals surface area contributed by atoms with E-state index in [0.29, 0.717) is 5.56 Å². The van der Waals surface area contributed by atoms with Gasteiger partial charge >= 0.3 is 11.9 Å². The summed E-state index contributed by atoms with van der Waals surface area (Å²) in [6.07, 6.45) is 0.574. The number of ether oxygens (including phenoxy) is 1. The van der Waals surface area contributed by atoms with Crippen LogP contribution in [-0.4, -0.2) is 28.1 Å². The number of carboxylic acid groups (broad SMARTS) is 1. The van der Waals surface area contributed by atoms with E-state index in [2.05, 4.69) is 9.72 Å². The van der Waals surface area contributed by atoms with Crippen LogP contribution >= 0.6 is 0 Å². The van der Waals surface area contributed by atoms with Gasteiger partial charge in [0.15, 0.2) is 5.69 Å². The van der Waals surface area contributed by atoms with Crippen molar-refractivity contribution in [2.24, 2.45) is 0 Å². The molecule has 1 aromatic heterocycles. The average Bonchev–Trinajstić information content (AvgIpc) is 2.17. The van der Waals surface area contributed by atoms with Crippen LogP contribution in [0.2, 0.25) is 0 Å². The van der Waals surface area contributed by atoms with E-state index in [1.54, 1.807) is 12.1 Å². The van der Waals surface area contributed by atoms with Crippen molar-refractivity contribution in [3.05, 3.63) is 29.6 Å². The summed E-state index contributed by atoms with van der Waals surface area (Å²) in [5.74, 6) is -1.80. The van der Waals surface area contributed by atoms with Crippen molar-refractivity contribution in [1.82, 2.24) is 4.98 Å². The van der Waals surface area contributed by atoms with Gasteiger partial charge in [-0.05, 0) is 11.6 Å². The molecule has 0 fully saturated rings. The quantitative estimate of drug-likeness (QED) is 0.647. The van der Waals surface area contributed by atoms with Crippen molar-refractivity contribution in [3.8, 4) is 0 Å². The smallest absolute Gasteiger partial charge is 0.358 e. The summed E-state index contributed by atoms with van der Waals surface area (Å²) in [7, 11) is 0. The van der Waals surface area contributed by atoms with Crippen molar-refractivity contribution >= 4 is 11.9 Å². The molecular weight excluding hydrogens is 186 g/mol. The lowest BCUT2D eigenvalue weighted by Gasteiger charge is -2.20. The minimum Gasteiger partial charge on any atom is -0.478 e. The van der Waals surface area contributed by atoms with E-state index in [1.807, 2.05) is 0 Å². The molecule has 0 saturated carbocycles. The number of carbonyl (C=O) groups excluding carboxylic acids is 1. The highest BCUT2D eigenvalue weighted by atomic mass is 16.6. The van der Waals surface area contributed by atoms with Crippen LogP contribution in [0.3, 0.4) is 0 Å². The summed E-state index contributed by atoms with van der Waals surface area (Å²) >= 11 is 0. The molecular formula is C9H7NO4. The fourth-order valence-electron chi connectivity index (χ4n) is 1.35. The lowest BCUT2D eigenvalue weighted by Crippen LogP contribution is -2.34. The third kappa shape index (κ3) is 1.32. The average molecular weight is 193 g/mol. The Balaban J connectivity index is 2.38. The van der Waals surface area contributed by atoms with Crippen molar-refractivity contribution in [2.75, 3.05) is 0 Å². The summed E-state index contributed by atoms with van der Waals surface area (Å²) in [5.41, 5.74) is 0.834. The molecule has 0 unspecified atom stereocenters. The van der Waals surface area contributed by atoms with Gasteiger partial charge in [0.25, 0.3) is 0 Å². The molecule has 0 bridgehead atoms. The Hall–Kier alpha value is -1.91. The Morgan fingerprint density at radius 3 is 3.14 bits per heavy atom. The Morgan fingerprint density at radius 1 is 1.64 bits per heavy atom. The maximum Gasteiger partial charge on any atom is 0.358 e. The molecule has 1 aliphatic rings. The summed E-state index contributed by atoms with van der Waals surface area (Å²) in [4.78, 5) is 25.7. The normalized spacial score (nSPS) is 19.7. The summed E-state index contributed by atoms with van der Waals surface area (Å²) in [6, 6.07) is 3.34. The van der Waals surface area contributed by atoms with Gasteiger partial charge in [0, 0.05) is 12.6 Å². The van der Waals surface area contributed by atoms with E-state index < -0.39 is 18.0 Å². The van der Waals surface area contributed by atoms with Crippen LogP contribution in [0.5, 0.6) is 0 Å². The second kappa shape index (κ2) is 3.10. The Labute approximate surface area is 79.3 Å². The molecule has 1 aliphatic heterocycles. The standard InChI is InChI=1S/C9H7NO4/c11-8(12)6-4-5-2-1-3-10-7(5)9(13)14-6/h1-3,6H,4H2,(H,11,12)/t6-/m0/s1. The molecule has 1 N–H and O–H groups in total. The number of hydrogen-bond acceptors (Lipinski definition) is 4. The molecule has 5 nitrogen and oxygen atoms in total. The van der Waals surface area contributed by atoms with Gasteiger partial charge in [-0.25, -0.2) is 14.6 Å². The van der Waals surface area contributed by atoms with Crippen molar-refractivity contribution in [2.45, 2.75) is 12.5 Å². The number of carboxylic acids is 1. The number of aliphatic carboxylic acids is 1. The number of fused-ring (bicyclic) bond motifs is 1. The molecule has 0 aromatic carbocycles. The van der Waals surface area contributed by atoms with Gasteiger partial charge in [0.1, 0.15) is 0 Å². The molecule has 0 spiro atoms. The first kappa shape index (κ1) is 8.68. The van der Waals surface area contributed by atoms with Gasteiger partial charge in [0.05, 0.1) is 0 Å². The van der Waals surface area contributed by atoms with E-state index in [4.69, 9.17) is 5.11 Å². The summed E-state index contributed by atoms with van der Waals surface area (Å²) < 4.78 is 4.67. The molecule has 0 amide bonds. The molecule has 1 aromatic rings. The van der Waals surface area contributed by atoms with E-state index in [9.17, 15) is 9.59 Å². The highest BCUT2D eigenvalue weighted by Gasteiger charge is 2.31. The van der Waals surface area contributed by atoms with E-state index in [-0.39, 0.29) is 12.1 Å². The highest BCUT2D eigenvalue weighted by molar-refractivity contribution is 5.92. The van der Waals surface area contributed by atoms with Gasteiger partial charge in [0.2, 0.25) is 6.10 Å². The zero-order chi connectivity index (χ0) is 10.1. The molecule has 2 rings (SSSR count). The number of rotatable bonds is 1. The van der Waals surface area contributed by atoms with Gasteiger partial charge < -0.3 is 9.84 Å². The Kier molecular flexibility index (Phi) is 1.92. The SMILES string of the molecule is O=C1O[C@H](C(=O)O)Cc2cccnc21. The minimum absolute atomic E-state index is 0.185. The zero-order valence-electron chi connectivity index (χ0n) is 7.14. The molecule has 0 saturated heterocycles. The van der Waals surface area contributed by atoms with Gasteiger partial charge in [-0.1, -0.05) is 6.07 Å². The Morgan fingerprint density at radius 2 is 2.43 bits per heavy atom. The van der Waals surface area contributed by atoms with Crippen LogP contribution in [0.15, 0.2) is 18.3 Å². The van der Waals surface area contributed by atoms with Gasteiger partial charge in [-0.2, -0.15) is 0 Å². The number of aromatic nitrogens is 1. The van der Waals surface area contributed by atoms with Crippen LogP contribution < -0.4 is 0 Å². The van der Waals surface area contributed by atoms with Gasteiger partial charge in [-0.15, -0.1) is 0 Å². The lowest BCUT2D eigenvalue weighted by molar-refractivity contribution is -0.147. The summed E-state index contributed by atoms with van der Waals surface area (Å²) in [6.45, 7) is 0. The molecule has 1 atom stereocenters. The maximum absolute atomic E-state index is 11.3. The molecule has 14 heavy (non-hydrogen) atoms. The molecule has 2 heterocycles. The number of pyridine rings is 1. The number of carbonyl (C=O) groups is 2. The first-order chi connectivity index (χ1) is 6.68. The van der Waals surface area contributed by atoms with E-state index >= 15 is 0 Å². The molecule has 0 radical (unpaired) electrons. The fourth-order valence-corrected chi connectivity index (χ4v) is 1.35. The largest absolute Gasteiger partial charge is 0.478 e. The maximum atomic E-state index is 11.3. The predicted molar refractivity (Wildman–Crippen MR) is 44.8 cm³/mol. The van der Waals surface area contributed by atoms with Crippen molar-refractivity contribution < 1.29 is 19.4 Å². The van der Waals surface area contributed by atoms with Crippen LogP contribution in [-0.2, 0) is 16.0 Å². The minimum atomic E-state index is -1.13. The lowest BCUT2D eigenvalue weighted by atomic mass is 10.0. The van der Waals surface area contributed by atoms with Crippen LogP contribution in [0.1, 0.15) is 16.1 Å². The first-order valence-corrected chi connectivity index (χ1v) is 4.06. The zero-order valence-corrected chi connectivity index (χ0v) is 7.14. The molecule has 5 heteroatoms. The Bertz CT molecular complexity index is 402. The van der Waals surface area contributed by atoms with Crippen LogP contribution in [0, 0.1) is 0 Å². The number of hydrogen-bond donors (Lipinski definition) is 1. The highest BCUT2D eigenvalue weighted by Crippen LogP contribution is 2.18. The monoisotopic (exact) mass is 193 g/mol.